The topological polar surface area (TPSA) is 97.7 Å². The summed E-state index contributed by atoms with van der Waals surface area (Å²) in [5.41, 5.74) is 0. The molecule has 2 unspecified atom stereocenters. The van der Waals surface area contributed by atoms with Gasteiger partial charge in [-0.25, -0.2) is 0 Å². The van der Waals surface area contributed by atoms with Crippen molar-refractivity contribution in [3.63, 3.8) is 0 Å². The van der Waals surface area contributed by atoms with Crippen molar-refractivity contribution in [2.24, 2.45) is 11.8 Å². The van der Waals surface area contributed by atoms with E-state index in [4.69, 9.17) is 9.84 Å². The van der Waals surface area contributed by atoms with Gasteiger partial charge in [-0.05, 0) is 25.7 Å². The summed E-state index contributed by atoms with van der Waals surface area (Å²) in [7, 11) is 1.56. The van der Waals surface area contributed by atoms with Crippen LogP contribution in [0.25, 0.3) is 0 Å². The van der Waals surface area contributed by atoms with E-state index in [0.29, 0.717) is 38.7 Å². The van der Waals surface area contributed by atoms with Crippen LogP contribution in [0.1, 0.15) is 51.4 Å². The van der Waals surface area contributed by atoms with Crippen molar-refractivity contribution >= 4 is 24.1 Å². The van der Waals surface area contributed by atoms with E-state index < -0.39 is 0 Å². The zero-order valence-electron chi connectivity index (χ0n) is 13.9. The third kappa shape index (κ3) is 11.8. The van der Waals surface area contributed by atoms with E-state index in [9.17, 15) is 19.2 Å². The van der Waals surface area contributed by atoms with Gasteiger partial charge >= 0.3 is 0 Å². The Bertz CT molecular complexity index is 366. The maximum atomic E-state index is 11.7. The van der Waals surface area contributed by atoms with Gasteiger partial charge < -0.3 is 19.4 Å². The predicted molar refractivity (Wildman–Crippen MR) is 85.0 cm³/mol. The molecule has 0 fully saturated rings. The molecule has 0 radical (unpaired) electrons. The van der Waals surface area contributed by atoms with Gasteiger partial charge in [-0.15, -0.1) is 0 Å². The number of ether oxygens (including phenoxy) is 1. The number of rotatable bonds is 16. The highest BCUT2D eigenvalue weighted by Gasteiger charge is 2.13. The first-order valence-electron chi connectivity index (χ1n) is 8.11. The van der Waals surface area contributed by atoms with Gasteiger partial charge in [0.25, 0.3) is 0 Å². The molecule has 0 heterocycles. The number of hydrogen-bond acceptors (Lipinski definition) is 6. The molecule has 0 bridgehead atoms. The minimum atomic E-state index is -0.297. The van der Waals surface area contributed by atoms with Crippen LogP contribution in [0.2, 0.25) is 0 Å². The zero-order chi connectivity index (χ0) is 17.5. The number of Topliss-reactive ketones (excluding diaryl/α,β-unsaturated/α-hetero) is 2. The van der Waals surface area contributed by atoms with E-state index in [1.54, 1.807) is 7.11 Å². The zero-order valence-corrected chi connectivity index (χ0v) is 13.9. The summed E-state index contributed by atoms with van der Waals surface area (Å²) in [5.74, 6) is -0.547. The molecule has 6 heteroatoms. The van der Waals surface area contributed by atoms with E-state index in [2.05, 4.69) is 0 Å². The highest BCUT2D eigenvalue weighted by molar-refractivity contribution is 5.86. The Morgan fingerprint density at radius 1 is 0.870 bits per heavy atom. The van der Waals surface area contributed by atoms with Crippen molar-refractivity contribution in [1.29, 1.82) is 0 Å². The molecular weight excluding hydrogens is 300 g/mol. The van der Waals surface area contributed by atoms with Gasteiger partial charge in [0.05, 0.1) is 0 Å². The summed E-state index contributed by atoms with van der Waals surface area (Å²) in [6.45, 7) is 0.416. The second-order valence-electron chi connectivity index (χ2n) is 5.74. The lowest BCUT2D eigenvalue weighted by atomic mass is 9.96. The Morgan fingerprint density at radius 2 is 1.35 bits per heavy atom. The summed E-state index contributed by atoms with van der Waals surface area (Å²) >= 11 is 0. The normalized spacial score (nSPS) is 13.3. The molecule has 23 heavy (non-hydrogen) atoms. The number of aliphatic hydroxyl groups is 1. The molecule has 0 spiro atoms. The summed E-state index contributed by atoms with van der Waals surface area (Å²) < 4.78 is 4.90. The fraction of sp³-hybridized carbons (Fsp3) is 0.765. The molecule has 0 aromatic heterocycles. The van der Waals surface area contributed by atoms with Crippen LogP contribution in [0.5, 0.6) is 0 Å². The number of hydrogen-bond donors (Lipinski definition) is 1. The molecule has 132 valence electrons. The number of carbonyl (C=O) groups excluding carboxylic acids is 4. The van der Waals surface area contributed by atoms with E-state index in [1.807, 2.05) is 0 Å². The fourth-order valence-corrected chi connectivity index (χ4v) is 2.22. The van der Waals surface area contributed by atoms with Gasteiger partial charge in [-0.3, -0.25) is 9.59 Å². The Balaban J connectivity index is 3.88. The molecule has 0 rings (SSSR count). The van der Waals surface area contributed by atoms with Crippen LogP contribution in [0.15, 0.2) is 0 Å². The van der Waals surface area contributed by atoms with Crippen molar-refractivity contribution in [1.82, 2.24) is 0 Å². The Morgan fingerprint density at radius 3 is 1.74 bits per heavy atom. The molecule has 0 amide bonds. The van der Waals surface area contributed by atoms with Crippen LogP contribution in [0.3, 0.4) is 0 Å². The van der Waals surface area contributed by atoms with Crippen LogP contribution in [0, 0.1) is 11.8 Å². The molecular formula is C17H28O6. The number of methoxy groups -OCH3 is 1. The van der Waals surface area contributed by atoms with Crippen molar-refractivity contribution in [3.05, 3.63) is 0 Å². The molecule has 6 nitrogen and oxygen atoms in total. The second kappa shape index (κ2) is 14.2. The fourth-order valence-electron chi connectivity index (χ4n) is 2.22. The molecule has 2 atom stereocenters. The largest absolute Gasteiger partial charge is 0.396 e. The van der Waals surface area contributed by atoms with Crippen LogP contribution in [-0.2, 0) is 23.9 Å². The van der Waals surface area contributed by atoms with Gasteiger partial charge in [0.15, 0.2) is 0 Å². The Kier molecular flexibility index (Phi) is 13.3. The summed E-state index contributed by atoms with van der Waals surface area (Å²) in [6.07, 6.45) is 4.38. The SMILES string of the molecule is COCCC(C=O)CCC(=O)CCC(=O)CCC(C=O)CCO. The average molecular weight is 328 g/mol. The first-order valence-corrected chi connectivity index (χ1v) is 8.11. The molecule has 0 aliphatic rings. The van der Waals surface area contributed by atoms with Gasteiger partial charge in [0.1, 0.15) is 24.1 Å². The maximum absolute atomic E-state index is 11.7. The Hall–Kier alpha value is -1.40. The van der Waals surface area contributed by atoms with Crippen LogP contribution < -0.4 is 0 Å². The molecule has 0 saturated carbocycles. The monoisotopic (exact) mass is 328 g/mol. The lowest BCUT2D eigenvalue weighted by Gasteiger charge is -2.09. The lowest BCUT2D eigenvalue weighted by molar-refractivity contribution is -0.125. The van der Waals surface area contributed by atoms with E-state index in [-0.39, 0.29) is 49.3 Å². The summed E-state index contributed by atoms with van der Waals surface area (Å²) in [6, 6.07) is 0. The van der Waals surface area contributed by atoms with E-state index in [0.717, 1.165) is 12.6 Å². The van der Waals surface area contributed by atoms with Gasteiger partial charge in [-0.1, -0.05) is 0 Å². The Labute approximate surface area is 137 Å². The number of aldehydes is 2. The summed E-state index contributed by atoms with van der Waals surface area (Å²) in [4.78, 5) is 45.0. The highest BCUT2D eigenvalue weighted by Crippen LogP contribution is 2.13. The standard InChI is InChI=1S/C17H28O6/c1-23-11-9-15(13-20)3-5-17(22)7-6-16(21)4-2-14(12-19)8-10-18/h12-15,18H,2-11H2,1H3. The minimum Gasteiger partial charge on any atom is -0.396 e. The molecule has 0 aliphatic carbocycles. The lowest BCUT2D eigenvalue weighted by Crippen LogP contribution is -2.11. The van der Waals surface area contributed by atoms with Gasteiger partial charge in [0.2, 0.25) is 0 Å². The van der Waals surface area contributed by atoms with Crippen LogP contribution in [0.4, 0.5) is 0 Å². The predicted octanol–water partition coefficient (Wildman–Crippen LogP) is 1.51. The first-order chi connectivity index (χ1) is 11.1. The first kappa shape index (κ1) is 21.6. The van der Waals surface area contributed by atoms with Crippen molar-refractivity contribution in [3.8, 4) is 0 Å². The third-order valence-corrected chi connectivity index (χ3v) is 3.85. The number of carbonyl (C=O) groups is 4. The number of aliphatic hydroxyl groups excluding tert-OH is 1. The molecule has 1 N–H and O–H groups in total. The van der Waals surface area contributed by atoms with Crippen molar-refractivity contribution in [2.75, 3.05) is 20.3 Å². The smallest absolute Gasteiger partial charge is 0.133 e. The summed E-state index contributed by atoms with van der Waals surface area (Å²) in [5, 5.41) is 8.77. The average Bonchev–Trinajstić information content (AvgIpc) is 2.56. The van der Waals surface area contributed by atoms with Crippen molar-refractivity contribution < 1.29 is 29.0 Å². The molecule has 0 aromatic carbocycles. The second-order valence-corrected chi connectivity index (χ2v) is 5.74. The van der Waals surface area contributed by atoms with Crippen LogP contribution in [-0.4, -0.2) is 49.6 Å². The van der Waals surface area contributed by atoms with Gasteiger partial charge in [-0.2, -0.15) is 0 Å². The third-order valence-electron chi connectivity index (χ3n) is 3.85. The molecule has 0 saturated heterocycles. The highest BCUT2D eigenvalue weighted by atomic mass is 16.5. The number of ketones is 2. The van der Waals surface area contributed by atoms with Gasteiger partial charge in [0, 0.05) is 57.8 Å². The minimum absolute atomic E-state index is 0.0232. The van der Waals surface area contributed by atoms with E-state index >= 15 is 0 Å². The van der Waals surface area contributed by atoms with Crippen LogP contribution >= 0.6 is 0 Å². The van der Waals surface area contributed by atoms with E-state index in [1.165, 1.54) is 0 Å². The van der Waals surface area contributed by atoms with Crippen molar-refractivity contribution in [2.45, 2.75) is 51.4 Å². The quantitative estimate of drug-likeness (QED) is 0.431. The molecule has 0 aliphatic heterocycles. The maximum Gasteiger partial charge on any atom is 0.133 e. The molecule has 0 aromatic rings.